The van der Waals surface area contributed by atoms with E-state index in [1.165, 1.54) is 65.3 Å². The van der Waals surface area contributed by atoms with Gasteiger partial charge in [-0.3, -0.25) is 0 Å². The van der Waals surface area contributed by atoms with Gasteiger partial charge in [-0.2, -0.15) is 0 Å². The van der Waals surface area contributed by atoms with E-state index in [0.717, 1.165) is 56.6 Å². The fraction of sp³-hybridized carbons (Fsp3) is 0.0667. The van der Waals surface area contributed by atoms with Crippen LogP contribution >= 0.6 is 0 Å². The number of nitrogens with one attached hydrogen (secondary N) is 1. The molecule has 1 N–H and O–H groups in total. The highest BCUT2D eigenvalue weighted by Gasteiger charge is 2.15. The summed E-state index contributed by atoms with van der Waals surface area (Å²) in [7, 11) is 0. The molecule has 3 heteroatoms. The van der Waals surface area contributed by atoms with Gasteiger partial charge in [0.05, 0.1) is 11.0 Å². The lowest BCUT2D eigenvalue weighted by molar-refractivity contribution is 0.670. The molecule has 2 aromatic heterocycles. The SMILES string of the molecule is C=C/C=C\C/C(C)=C(/C=C\C)Nc1ccc2c3ccccc3c3ccccc3c2c1.Cc1ccc2c(c1)c1ccccc1n2-c1ccc(-c2cccc3c2oc2ccccc23)cc1. The molecule has 0 radical (unpaired) electrons. The van der Waals surface area contributed by atoms with Crippen LogP contribution in [0.1, 0.15) is 25.8 Å². The Balaban J connectivity index is 0.000000151. The van der Waals surface area contributed by atoms with Crippen molar-refractivity contribution in [2.75, 3.05) is 5.32 Å². The van der Waals surface area contributed by atoms with Gasteiger partial charge in [-0.05, 0) is 125 Å². The van der Waals surface area contributed by atoms with Crippen LogP contribution < -0.4 is 5.32 Å². The van der Waals surface area contributed by atoms with E-state index in [0.29, 0.717) is 0 Å². The average Bonchev–Trinajstić information content (AvgIpc) is 3.87. The first-order valence-electron chi connectivity index (χ1n) is 21.7. The van der Waals surface area contributed by atoms with Crippen LogP contribution in [0.25, 0.3) is 92.9 Å². The molecule has 304 valence electrons. The molecule has 63 heavy (non-hydrogen) atoms. The predicted molar refractivity (Wildman–Crippen MR) is 272 cm³/mol. The van der Waals surface area contributed by atoms with Crippen LogP contribution in [0.15, 0.2) is 229 Å². The van der Waals surface area contributed by atoms with Gasteiger partial charge < -0.3 is 14.3 Å². The van der Waals surface area contributed by atoms with Crippen molar-refractivity contribution in [2.24, 2.45) is 0 Å². The number of nitrogens with zero attached hydrogens (tertiary/aromatic N) is 1. The molecule has 0 aliphatic heterocycles. The molecule has 2 heterocycles. The minimum atomic E-state index is 0.889. The van der Waals surface area contributed by atoms with E-state index in [9.17, 15) is 0 Å². The van der Waals surface area contributed by atoms with Crippen molar-refractivity contribution in [3.05, 3.63) is 230 Å². The Morgan fingerprint density at radius 2 is 1.21 bits per heavy atom. The summed E-state index contributed by atoms with van der Waals surface area (Å²) in [5.74, 6) is 0. The summed E-state index contributed by atoms with van der Waals surface area (Å²) in [6, 6.07) is 62.9. The Labute approximate surface area is 368 Å². The molecule has 0 spiro atoms. The highest BCUT2D eigenvalue weighted by atomic mass is 16.3. The number of aryl methyl sites for hydroxylation is 1. The van der Waals surface area contributed by atoms with E-state index < -0.39 is 0 Å². The van der Waals surface area contributed by atoms with Gasteiger partial charge in [-0.15, -0.1) is 0 Å². The number of furan rings is 1. The summed E-state index contributed by atoms with van der Waals surface area (Å²) in [5.41, 5.74) is 12.6. The molecule has 11 aromatic rings. The molecule has 0 saturated heterocycles. The van der Waals surface area contributed by atoms with E-state index in [-0.39, 0.29) is 0 Å². The van der Waals surface area contributed by atoms with Gasteiger partial charge in [0.2, 0.25) is 0 Å². The summed E-state index contributed by atoms with van der Waals surface area (Å²) in [5, 5.41) is 16.3. The van der Waals surface area contributed by atoms with Gasteiger partial charge in [-0.25, -0.2) is 0 Å². The van der Waals surface area contributed by atoms with Crippen molar-refractivity contribution in [1.29, 1.82) is 0 Å². The van der Waals surface area contributed by atoms with Crippen molar-refractivity contribution in [3.8, 4) is 16.8 Å². The lowest BCUT2D eigenvalue weighted by atomic mass is 9.94. The molecule has 3 nitrogen and oxygen atoms in total. The minimum Gasteiger partial charge on any atom is -0.455 e. The van der Waals surface area contributed by atoms with Gasteiger partial charge in [0.25, 0.3) is 0 Å². The molecule has 0 atom stereocenters. The number of rotatable bonds is 8. The summed E-state index contributed by atoms with van der Waals surface area (Å²) in [6.45, 7) is 10.1. The second-order valence-corrected chi connectivity index (χ2v) is 16.2. The third-order valence-corrected chi connectivity index (χ3v) is 12.2. The number of fused-ring (bicyclic) bond motifs is 12. The number of para-hydroxylation sites is 3. The molecule has 9 aromatic carbocycles. The van der Waals surface area contributed by atoms with Crippen molar-refractivity contribution in [3.63, 3.8) is 0 Å². The van der Waals surface area contributed by atoms with Crippen molar-refractivity contribution in [2.45, 2.75) is 27.2 Å². The van der Waals surface area contributed by atoms with E-state index in [4.69, 9.17) is 4.42 Å². The second kappa shape index (κ2) is 16.9. The maximum absolute atomic E-state index is 6.26. The highest BCUT2D eigenvalue weighted by molar-refractivity contribution is 6.25. The standard InChI is InChI=1S/C31H21NO.C29H27N/c1-20-13-18-29-27(19-20)24-7-2-4-11-28(24)32(29)22-16-14-21(15-17-22)23-9-6-10-26-25-8-3-5-12-30(25)33-31(23)26;1-4-6-7-13-21(3)29(12-5-2)30-22-18-19-27-25-16-9-8-14-23(25)24-15-10-11-17-26(24)28(27)20-22/h2-19H,1H3;4-12,14-20,30H,1,13H2,2-3H3/b;7-6-,12-5-,29-21-. The van der Waals surface area contributed by atoms with Crippen LogP contribution in [0.5, 0.6) is 0 Å². The van der Waals surface area contributed by atoms with E-state index >= 15 is 0 Å². The molecule has 0 unspecified atom stereocenters. The molecule has 11 rings (SSSR count). The van der Waals surface area contributed by atoms with Crippen LogP contribution in [-0.4, -0.2) is 4.57 Å². The van der Waals surface area contributed by atoms with E-state index in [2.05, 4.69) is 219 Å². The first-order chi connectivity index (χ1) is 31.0. The Morgan fingerprint density at radius 3 is 1.92 bits per heavy atom. The van der Waals surface area contributed by atoms with Gasteiger partial charge in [0.15, 0.2) is 0 Å². The van der Waals surface area contributed by atoms with Crippen molar-refractivity contribution < 1.29 is 4.42 Å². The lowest BCUT2D eigenvalue weighted by Gasteiger charge is -2.14. The first-order valence-corrected chi connectivity index (χ1v) is 21.7. The summed E-state index contributed by atoms with van der Waals surface area (Å²) < 4.78 is 8.62. The maximum atomic E-state index is 6.26. The summed E-state index contributed by atoms with van der Waals surface area (Å²) >= 11 is 0. The van der Waals surface area contributed by atoms with Crippen LogP contribution in [0, 0.1) is 6.92 Å². The molecule has 0 fully saturated rings. The zero-order valence-electron chi connectivity index (χ0n) is 35.9. The quantitative estimate of drug-likeness (QED) is 0.122. The summed E-state index contributed by atoms with van der Waals surface area (Å²) in [6.07, 6.45) is 11.0. The monoisotopic (exact) mass is 812 g/mol. The molecule has 0 aliphatic carbocycles. The number of anilines is 1. The number of aromatic nitrogens is 1. The third-order valence-electron chi connectivity index (χ3n) is 12.2. The average molecular weight is 813 g/mol. The number of benzene rings is 9. The molecule has 0 saturated carbocycles. The van der Waals surface area contributed by atoms with Crippen molar-refractivity contribution >= 4 is 81.7 Å². The van der Waals surface area contributed by atoms with Gasteiger partial charge >= 0.3 is 0 Å². The Kier molecular flexibility index (Phi) is 10.5. The smallest absolute Gasteiger partial charge is 0.143 e. The summed E-state index contributed by atoms with van der Waals surface area (Å²) in [4.78, 5) is 0. The largest absolute Gasteiger partial charge is 0.455 e. The zero-order chi connectivity index (χ0) is 42.9. The number of hydrogen-bond donors (Lipinski definition) is 1. The Morgan fingerprint density at radius 1 is 0.587 bits per heavy atom. The minimum absolute atomic E-state index is 0.889. The fourth-order valence-electron chi connectivity index (χ4n) is 9.18. The normalized spacial score (nSPS) is 12.3. The highest BCUT2D eigenvalue weighted by Crippen LogP contribution is 2.39. The van der Waals surface area contributed by atoms with E-state index in [1.807, 2.05) is 24.3 Å². The molecular weight excluding hydrogens is 765 g/mol. The fourth-order valence-corrected chi connectivity index (χ4v) is 9.18. The van der Waals surface area contributed by atoms with Gasteiger partial charge in [0.1, 0.15) is 11.2 Å². The molecular formula is C60H48N2O. The molecule has 0 amide bonds. The second-order valence-electron chi connectivity index (χ2n) is 16.2. The van der Waals surface area contributed by atoms with Crippen LogP contribution in [-0.2, 0) is 0 Å². The topological polar surface area (TPSA) is 30.1 Å². The first kappa shape index (κ1) is 39.3. The molecule has 0 aliphatic rings. The third kappa shape index (κ3) is 7.28. The van der Waals surface area contributed by atoms with Gasteiger partial charge in [-0.1, -0.05) is 164 Å². The lowest BCUT2D eigenvalue weighted by Crippen LogP contribution is -2.00. The predicted octanol–water partition coefficient (Wildman–Crippen LogP) is 17.2. The maximum Gasteiger partial charge on any atom is 0.143 e. The number of allylic oxidation sites excluding steroid dienone is 6. The Hall–Kier alpha value is -7.88. The van der Waals surface area contributed by atoms with E-state index in [1.54, 1.807) is 0 Å². The Bertz CT molecular complexity index is 3580. The van der Waals surface area contributed by atoms with Crippen LogP contribution in [0.3, 0.4) is 0 Å². The van der Waals surface area contributed by atoms with Crippen molar-refractivity contribution in [1.82, 2.24) is 4.57 Å². The van der Waals surface area contributed by atoms with Gasteiger partial charge in [0, 0.05) is 44.2 Å². The zero-order valence-corrected chi connectivity index (χ0v) is 35.9. The van der Waals surface area contributed by atoms with Crippen LogP contribution in [0.2, 0.25) is 0 Å². The van der Waals surface area contributed by atoms with Crippen LogP contribution in [0.4, 0.5) is 5.69 Å². The molecule has 0 bridgehead atoms. The number of hydrogen-bond acceptors (Lipinski definition) is 2.